The van der Waals surface area contributed by atoms with Gasteiger partial charge in [-0.3, -0.25) is 0 Å². The van der Waals surface area contributed by atoms with Crippen molar-refractivity contribution in [2.75, 3.05) is 12.9 Å². The molecular weight excluding hydrogens is 202 g/mol. The highest BCUT2D eigenvalue weighted by Gasteiger charge is 2.08. The van der Waals surface area contributed by atoms with E-state index in [1.807, 2.05) is 0 Å². The summed E-state index contributed by atoms with van der Waals surface area (Å²) in [7, 11) is -3.24. The molecule has 0 aliphatic carbocycles. The van der Waals surface area contributed by atoms with Crippen molar-refractivity contribution in [3.63, 3.8) is 0 Å². The first-order valence-electron chi connectivity index (χ1n) is 4.14. The maximum Gasteiger partial charge on any atom is 0.192 e. The normalized spacial score (nSPS) is 11.6. The SMILES string of the molecule is CS(=O)(=O)c1cc([CH]CCO)ccn1. The third kappa shape index (κ3) is 3.08. The van der Waals surface area contributed by atoms with Gasteiger partial charge in [0.1, 0.15) is 0 Å². The van der Waals surface area contributed by atoms with Crippen molar-refractivity contribution in [1.29, 1.82) is 0 Å². The highest BCUT2D eigenvalue weighted by molar-refractivity contribution is 7.90. The number of pyridine rings is 1. The molecule has 4 nitrogen and oxygen atoms in total. The Balaban J connectivity index is 2.90. The summed E-state index contributed by atoms with van der Waals surface area (Å²) in [5.74, 6) is 0. The zero-order chi connectivity index (χ0) is 10.6. The average Bonchev–Trinajstić information content (AvgIpc) is 2.14. The monoisotopic (exact) mass is 214 g/mol. The van der Waals surface area contributed by atoms with Crippen LogP contribution in [0.25, 0.3) is 0 Å². The maximum atomic E-state index is 11.1. The molecule has 1 aromatic rings. The highest BCUT2D eigenvalue weighted by atomic mass is 32.2. The number of hydrogen-bond donors (Lipinski definition) is 1. The molecule has 1 rings (SSSR count). The minimum absolute atomic E-state index is 0.0521. The highest BCUT2D eigenvalue weighted by Crippen LogP contribution is 2.10. The second-order valence-corrected chi connectivity index (χ2v) is 4.88. The zero-order valence-corrected chi connectivity index (χ0v) is 8.66. The van der Waals surface area contributed by atoms with Gasteiger partial charge in [-0.1, -0.05) is 0 Å². The standard InChI is InChI=1S/C9H12NO3S/c1-14(12,13)9-7-8(3-2-6-11)4-5-10-9/h3-5,7,11H,2,6H2,1H3. The van der Waals surface area contributed by atoms with Crippen LogP contribution >= 0.6 is 0 Å². The van der Waals surface area contributed by atoms with Gasteiger partial charge in [-0.25, -0.2) is 13.4 Å². The smallest absolute Gasteiger partial charge is 0.192 e. The summed E-state index contributed by atoms with van der Waals surface area (Å²) in [6.45, 7) is 0.0521. The summed E-state index contributed by atoms with van der Waals surface area (Å²) in [4.78, 5) is 3.75. The molecule has 5 heteroatoms. The van der Waals surface area contributed by atoms with Gasteiger partial charge in [-0.15, -0.1) is 0 Å². The van der Waals surface area contributed by atoms with Crippen LogP contribution in [0.2, 0.25) is 0 Å². The largest absolute Gasteiger partial charge is 0.396 e. The summed E-state index contributed by atoms with van der Waals surface area (Å²) in [5.41, 5.74) is 0.759. The third-order valence-corrected chi connectivity index (χ3v) is 2.63. The fraction of sp³-hybridized carbons (Fsp3) is 0.333. The van der Waals surface area contributed by atoms with E-state index in [9.17, 15) is 8.42 Å². The van der Waals surface area contributed by atoms with Crippen molar-refractivity contribution in [3.05, 3.63) is 30.3 Å². The number of rotatable bonds is 4. The Kier molecular flexibility index (Phi) is 3.60. The van der Waals surface area contributed by atoms with E-state index < -0.39 is 9.84 Å². The summed E-state index contributed by atoms with van der Waals surface area (Å²) in [6.07, 6.45) is 4.83. The van der Waals surface area contributed by atoms with Crippen molar-refractivity contribution in [1.82, 2.24) is 4.98 Å². The molecule has 14 heavy (non-hydrogen) atoms. The molecular formula is C9H12NO3S. The molecule has 0 saturated heterocycles. The van der Waals surface area contributed by atoms with Crippen molar-refractivity contribution in [2.45, 2.75) is 11.4 Å². The Labute approximate surface area is 83.5 Å². The molecule has 0 aliphatic heterocycles. The van der Waals surface area contributed by atoms with E-state index in [-0.39, 0.29) is 11.6 Å². The molecule has 0 amide bonds. The fourth-order valence-electron chi connectivity index (χ4n) is 0.986. The summed E-state index contributed by atoms with van der Waals surface area (Å²) >= 11 is 0. The fourth-order valence-corrected chi connectivity index (χ4v) is 1.59. The number of aliphatic hydroxyl groups excluding tert-OH is 1. The van der Waals surface area contributed by atoms with Crippen LogP contribution in [-0.2, 0) is 9.84 Å². The maximum absolute atomic E-state index is 11.1. The number of hydrogen-bond acceptors (Lipinski definition) is 4. The molecule has 1 radical (unpaired) electrons. The first kappa shape index (κ1) is 11.1. The second kappa shape index (κ2) is 4.52. The van der Waals surface area contributed by atoms with Crippen LogP contribution in [0.3, 0.4) is 0 Å². The Morgan fingerprint density at radius 2 is 2.29 bits per heavy atom. The molecule has 0 fully saturated rings. The quantitative estimate of drug-likeness (QED) is 0.788. The van der Waals surface area contributed by atoms with Crippen LogP contribution in [0, 0.1) is 6.42 Å². The Morgan fingerprint density at radius 3 is 2.86 bits per heavy atom. The number of aliphatic hydroxyl groups is 1. The first-order valence-corrected chi connectivity index (χ1v) is 6.03. The van der Waals surface area contributed by atoms with Gasteiger partial charge in [0.25, 0.3) is 0 Å². The molecule has 1 N–H and O–H groups in total. The van der Waals surface area contributed by atoms with E-state index in [4.69, 9.17) is 5.11 Å². The molecule has 0 atom stereocenters. The van der Waals surface area contributed by atoms with E-state index >= 15 is 0 Å². The predicted octanol–water partition coefficient (Wildman–Crippen LogP) is 0.420. The van der Waals surface area contributed by atoms with E-state index in [1.165, 1.54) is 12.3 Å². The van der Waals surface area contributed by atoms with Crippen molar-refractivity contribution in [3.8, 4) is 0 Å². The van der Waals surface area contributed by atoms with E-state index in [1.54, 1.807) is 12.5 Å². The van der Waals surface area contributed by atoms with Crippen molar-refractivity contribution < 1.29 is 13.5 Å². The van der Waals surface area contributed by atoms with Gasteiger partial charge < -0.3 is 5.11 Å². The number of nitrogens with zero attached hydrogens (tertiary/aromatic N) is 1. The predicted molar refractivity (Wildman–Crippen MR) is 52.5 cm³/mol. The van der Waals surface area contributed by atoms with Crippen LogP contribution in [0.1, 0.15) is 12.0 Å². The minimum Gasteiger partial charge on any atom is -0.396 e. The van der Waals surface area contributed by atoms with Crippen molar-refractivity contribution >= 4 is 9.84 Å². The van der Waals surface area contributed by atoms with E-state index in [0.717, 1.165) is 11.8 Å². The average molecular weight is 214 g/mol. The lowest BCUT2D eigenvalue weighted by Crippen LogP contribution is -2.01. The Hall–Kier alpha value is -0.940. The molecule has 1 heterocycles. The molecule has 0 aliphatic rings. The van der Waals surface area contributed by atoms with Gasteiger partial charge >= 0.3 is 0 Å². The zero-order valence-electron chi connectivity index (χ0n) is 7.84. The molecule has 0 saturated carbocycles. The molecule has 0 spiro atoms. The third-order valence-electron chi connectivity index (χ3n) is 1.65. The lowest BCUT2D eigenvalue weighted by molar-refractivity contribution is 0.299. The summed E-state index contributed by atoms with van der Waals surface area (Å²) < 4.78 is 22.3. The second-order valence-electron chi connectivity index (χ2n) is 2.92. The van der Waals surface area contributed by atoms with Crippen LogP contribution in [0.4, 0.5) is 0 Å². The van der Waals surface area contributed by atoms with E-state index in [2.05, 4.69) is 4.98 Å². The van der Waals surface area contributed by atoms with Gasteiger partial charge in [-0.05, 0) is 30.5 Å². The van der Waals surface area contributed by atoms with Gasteiger partial charge in [0.15, 0.2) is 14.9 Å². The molecule has 0 aromatic carbocycles. The van der Waals surface area contributed by atoms with Gasteiger partial charge in [0.05, 0.1) is 0 Å². The molecule has 0 unspecified atom stereocenters. The van der Waals surface area contributed by atoms with Crippen LogP contribution in [0.15, 0.2) is 23.4 Å². The number of aromatic nitrogens is 1. The van der Waals surface area contributed by atoms with Gasteiger partial charge in [0.2, 0.25) is 0 Å². The van der Waals surface area contributed by atoms with Crippen LogP contribution in [0.5, 0.6) is 0 Å². The summed E-state index contributed by atoms with van der Waals surface area (Å²) in [6, 6.07) is 3.19. The van der Waals surface area contributed by atoms with Crippen LogP contribution in [-0.4, -0.2) is 31.4 Å². The van der Waals surface area contributed by atoms with Gasteiger partial charge in [-0.2, -0.15) is 0 Å². The lowest BCUT2D eigenvalue weighted by atomic mass is 10.1. The molecule has 1 aromatic heterocycles. The Bertz CT molecular complexity index is 400. The minimum atomic E-state index is -3.24. The molecule has 77 valence electrons. The van der Waals surface area contributed by atoms with Crippen LogP contribution < -0.4 is 0 Å². The topological polar surface area (TPSA) is 67.3 Å². The van der Waals surface area contributed by atoms with Crippen molar-refractivity contribution in [2.24, 2.45) is 0 Å². The first-order chi connectivity index (χ1) is 6.54. The van der Waals surface area contributed by atoms with Gasteiger partial charge in [0, 0.05) is 19.1 Å². The summed E-state index contributed by atoms with van der Waals surface area (Å²) in [5, 5.41) is 8.65. The number of sulfone groups is 1. The lowest BCUT2D eigenvalue weighted by Gasteiger charge is -2.01. The molecule has 0 bridgehead atoms. The Morgan fingerprint density at radius 1 is 1.57 bits per heavy atom. The van der Waals surface area contributed by atoms with E-state index in [0.29, 0.717) is 6.42 Å².